The summed E-state index contributed by atoms with van der Waals surface area (Å²) in [5.41, 5.74) is 2.22. The van der Waals surface area contributed by atoms with Crippen molar-refractivity contribution in [2.75, 3.05) is 0 Å². The highest BCUT2D eigenvalue weighted by atomic mass is 16.6. The SMILES string of the molecule is O=[N+]([O-])C1[C]C=NN1. The summed E-state index contributed by atoms with van der Waals surface area (Å²) in [6.07, 6.45) is 2.66. The van der Waals surface area contributed by atoms with Gasteiger partial charge in [-0.25, -0.2) is 5.43 Å². The van der Waals surface area contributed by atoms with Gasteiger partial charge in [-0.1, -0.05) is 0 Å². The van der Waals surface area contributed by atoms with Crippen molar-refractivity contribution in [3.8, 4) is 0 Å². The Hall–Kier alpha value is -1.13. The van der Waals surface area contributed by atoms with Gasteiger partial charge < -0.3 is 0 Å². The van der Waals surface area contributed by atoms with E-state index in [9.17, 15) is 10.1 Å². The van der Waals surface area contributed by atoms with Crippen LogP contribution in [0.25, 0.3) is 0 Å². The molecular formula is C3H3N3O2. The average molecular weight is 113 g/mol. The van der Waals surface area contributed by atoms with Crippen LogP contribution in [0.1, 0.15) is 0 Å². The quantitative estimate of drug-likeness (QED) is 0.359. The lowest BCUT2D eigenvalue weighted by Gasteiger charge is -1.95. The summed E-state index contributed by atoms with van der Waals surface area (Å²) in [6.45, 7) is 0. The highest BCUT2D eigenvalue weighted by Gasteiger charge is 2.21. The summed E-state index contributed by atoms with van der Waals surface area (Å²) in [5, 5.41) is 13.2. The molecule has 2 radical (unpaired) electrons. The molecule has 0 aromatic rings. The van der Waals surface area contributed by atoms with Gasteiger partial charge in [0.25, 0.3) is 0 Å². The van der Waals surface area contributed by atoms with Crippen molar-refractivity contribution in [3.05, 3.63) is 16.5 Å². The first-order valence-corrected chi connectivity index (χ1v) is 1.97. The third kappa shape index (κ3) is 0.749. The van der Waals surface area contributed by atoms with Crippen LogP contribution in [0.4, 0.5) is 0 Å². The summed E-state index contributed by atoms with van der Waals surface area (Å²) in [4.78, 5) is 9.30. The molecule has 1 rings (SSSR count). The van der Waals surface area contributed by atoms with Crippen LogP contribution in [0, 0.1) is 16.5 Å². The Morgan fingerprint density at radius 2 is 2.75 bits per heavy atom. The second-order valence-electron chi connectivity index (χ2n) is 1.24. The third-order valence-corrected chi connectivity index (χ3v) is 0.705. The number of nitrogens with zero attached hydrogens (tertiary/aromatic N) is 2. The van der Waals surface area contributed by atoms with Crippen molar-refractivity contribution in [1.29, 1.82) is 0 Å². The number of rotatable bonds is 1. The number of hydrogen-bond acceptors (Lipinski definition) is 4. The first kappa shape index (κ1) is 5.02. The molecule has 0 amide bonds. The highest BCUT2D eigenvalue weighted by Crippen LogP contribution is 1.93. The Morgan fingerprint density at radius 1 is 2.00 bits per heavy atom. The molecule has 0 saturated carbocycles. The second-order valence-corrected chi connectivity index (χ2v) is 1.24. The zero-order chi connectivity index (χ0) is 5.98. The minimum atomic E-state index is -0.935. The summed E-state index contributed by atoms with van der Waals surface area (Å²) in [7, 11) is 0. The summed E-state index contributed by atoms with van der Waals surface area (Å²) in [5.74, 6) is 0. The third-order valence-electron chi connectivity index (χ3n) is 0.705. The van der Waals surface area contributed by atoms with Crippen LogP contribution in [0.2, 0.25) is 0 Å². The van der Waals surface area contributed by atoms with Crippen LogP contribution in [-0.2, 0) is 0 Å². The number of nitrogens with one attached hydrogen (secondary N) is 1. The van der Waals surface area contributed by atoms with E-state index < -0.39 is 11.1 Å². The van der Waals surface area contributed by atoms with Crippen LogP contribution >= 0.6 is 0 Å². The molecule has 8 heavy (non-hydrogen) atoms. The zero-order valence-electron chi connectivity index (χ0n) is 3.87. The molecule has 42 valence electrons. The van der Waals surface area contributed by atoms with Crippen molar-refractivity contribution < 1.29 is 4.92 Å². The fourth-order valence-electron chi connectivity index (χ4n) is 0.361. The Bertz CT molecular complexity index is 124. The van der Waals surface area contributed by atoms with Gasteiger partial charge in [-0.05, 0) is 0 Å². The van der Waals surface area contributed by atoms with Gasteiger partial charge in [0, 0.05) is 11.1 Å². The molecule has 1 atom stereocenters. The Morgan fingerprint density at radius 3 is 3.00 bits per heavy atom. The molecule has 1 aliphatic heterocycles. The van der Waals surface area contributed by atoms with Crippen LogP contribution in [0.3, 0.4) is 0 Å². The fourth-order valence-corrected chi connectivity index (χ4v) is 0.361. The maximum absolute atomic E-state index is 9.80. The maximum Gasteiger partial charge on any atom is 0.312 e. The van der Waals surface area contributed by atoms with Crippen molar-refractivity contribution in [1.82, 2.24) is 5.43 Å². The van der Waals surface area contributed by atoms with E-state index >= 15 is 0 Å². The van der Waals surface area contributed by atoms with E-state index in [4.69, 9.17) is 0 Å². The van der Waals surface area contributed by atoms with E-state index in [1.165, 1.54) is 6.21 Å². The lowest BCUT2D eigenvalue weighted by Crippen LogP contribution is -2.28. The minimum absolute atomic E-state index is 0.507. The maximum atomic E-state index is 9.80. The normalized spacial score (nSPS) is 25.2. The lowest BCUT2D eigenvalue weighted by atomic mass is 10.4. The molecule has 1 N–H and O–H groups in total. The van der Waals surface area contributed by atoms with Gasteiger partial charge in [-0.15, -0.1) is 0 Å². The largest absolute Gasteiger partial charge is 0.312 e. The molecule has 0 spiro atoms. The predicted octanol–water partition coefficient (Wildman–Crippen LogP) is -0.741. The van der Waals surface area contributed by atoms with E-state index in [-0.39, 0.29) is 0 Å². The van der Waals surface area contributed by atoms with Crippen molar-refractivity contribution in [2.45, 2.75) is 6.17 Å². The zero-order valence-corrected chi connectivity index (χ0v) is 3.87. The van der Waals surface area contributed by atoms with Crippen LogP contribution < -0.4 is 5.43 Å². The van der Waals surface area contributed by atoms with E-state index in [1.807, 2.05) is 0 Å². The Labute approximate surface area is 45.5 Å². The van der Waals surface area contributed by atoms with Gasteiger partial charge in [-0.3, -0.25) is 10.1 Å². The fraction of sp³-hybridized carbons (Fsp3) is 0.333. The van der Waals surface area contributed by atoms with Gasteiger partial charge in [0.2, 0.25) is 0 Å². The Kier molecular flexibility index (Phi) is 1.11. The van der Waals surface area contributed by atoms with Crippen LogP contribution in [-0.4, -0.2) is 17.3 Å². The minimum Gasteiger partial charge on any atom is -0.262 e. The van der Waals surface area contributed by atoms with Gasteiger partial charge in [0.05, 0.1) is 0 Å². The van der Waals surface area contributed by atoms with E-state index in [2.05, 4.69) is 16.9 Å². The molecule has 0 saturated heterocycles. The summed E-state index contributed by atoms with van der Waals surface area (Å²) < 4.78 is 0. The van der Waals surface area contributed by atoms with Crippen molar-refractivity contribution in [3.63, 3.8) is 0 Å². The molecule has 0 aromatic heterocycles. The molecule has 0 aromatic carbocycles. The molecule has 0 fully saturated rings. The topological polar surface area (TPSA) is 67.5 Å². The summed E-state index contributed by atoms with van der Waals surface area (Å²) >= 11 is 0. The smallest absolute Gasteiger partial charge is 0.262 e. The van der Waals surface area contributed by atoms with E-state index in [0.717, 1.165) is 0 Å². The molecular weight excluding hydrogens is 110 g/mol. The van der Waals surface area contributed by atoms with Crippen molar-refractivity contribution >= 4 is 6.21 Å². The van der Waals surface area contributed by atoms with Gasteiger partial charge in [0.15, 0.2) is 0 Å². The average Bonchev–Trinajstić information content (AvgIpc) is 2.12. The van der Waals surface area contributed by atoms with Crippen molar-refractivity contribution in [2.24, 2.45) is 5.10 Å². The molecule has 5 heteroatoms. The predicted molar refractivity (Wildman–Crippen MR) is 25.7 cm³/mol. The first-order valence-electron chi connectivity index (χ1n) is 1.97. The molecule has 1 heterocycles. The number of hydrazone groups is 1. The van der Waals surface area contributed by atoms with Gasteiger partial charge in [-0.2, -0.15) is 5.10 Å². The standard InChI is InChI=1S/C3H3N3O2/c7-6(8)3-1-2-4-5-3/h2-3,5H. The van der Waals surface area contributed by atoms with E-state index in [0.29, 0.717) is 0 Å². The second kappa shape index (κ2) is 1.77. The summed E-state index contributed by atoms with van der Waals surface area (Å²) in [6, 6.07) is 0. The molecule has 1 aliphatic rings. The van der Waals surface area contributed by atoms with Crippen LogP contribution in [0.5, 0.6) is 0 Å². The molecule has 1 unspecified atom stereocenters. The highest BCUT2D eigenvalue weighted by molar-refractivity contribution is 5.69. The Balaban J connectivity index is 2.41. The van der Waals surface area contributed by atoms with Gasteiger partial charge in [0.1, 0.15) is 6.42 Å². The lowest BCUT2D eigenvalue weighted by molar-refractivity contribution is -0.517. The van der Waals surface area contributed by atoms with E-state index in [1.54, 1.807) is 0 Å². The number of nitro groups is 1. The van der Waals surface area contributed by atoms with Gasteiger partial charge >= 0.3 is 6.17 Å². The first-order chi connectivity index (χ1) is 3.80. The monoisotopic (exact) mass is 113 g/mol. The number of hydrogen-bond donors (Lipinski definition) is 1. The molecule has 0 aliphatic carbocycles. The van der Waals surface area contributed by atoms with Crippen LogP contribution in [0.15, 0.2) is 5.10 Å². The molecule has 5 nitrogen and oxygen atoms in total. The molecule has 0 bridgehead atoms.